The van der Waals surface area contributed by atoms with E-state index in [4.69, 9.17) is 0 Å². The largest absolute Gasteiger partial charge is 0.307 e. The standard InChI is InChI=1S/C9H15BrN4O/c1-4-6(2)11-5-7(15)8-9(10)12-13-14(8)3/h6,11H,4-5H2,1-3H3. The van der Waals surface area contributed by atoms with E-state index in [2.05, 4.69) is 38.5 Å². The van der Waals surface area contributed by atoms with Gasteiger partial charge in [-0.25, -0.2) is 4.68 Å². The molecular formula is C9H15BrN4O. The number of carbonyl (C=O) groups is 1. The van der Waals surface area contributed by atoms with Crippen molar-refractivity contribution < 1.29 is 4.79 Å². The highest BCUT2D eigenvalue weighted by molar-refractivity contribution is 9.10. The molecule has 0 amide bonds. The third-order valence-electron chi connectivity index (χ3n) is 2.27. The quantitative estimate of drug-likeness (QED) is 0.819. The molecule has 0 aliphatic carbocycles. The van der Waals surface area contributed by atoms with Gasteiger partial charge in [0, 0.05) is 13.1 Å². The molecule has 0 saturated carbocycles. The number of hydrogen-bond acceptors (Lipinski definition) is 4. The Hall–Kier alpha value is -0.750. The minimum absolute atomic E-state index is 0.00493. The Morgan fingerprint density at radius 1 is 1.67 bits per heavy atom. The summed E-state index contributed by atoms with van der Waals surface area (Å²) in [7, 11) is 1.70. The van der Waals surface area contributed by atoms with Crippen LogP contribution < -0.4 is 5.32 Å². The summed E-state index contributed by atoms with van der Waals surface area (Å²) in [5, 5.41) is 10.7. The van der Waals surface area contributed by atoms with Crippen LogP contribution in [-0.4, -0.2) is 33.4 Å². The van der Waals surface area contributed by atoms with Crippen LogP contribution in [0.3, 0.4) is 0 Å². The molecule has 1 aromatic rings. The minimum Gasteiger partial charge on any atom is -0.307 e. The normalized spacial score (nSPS) is 12.8. The van der Waals surface area contributed by atoms with Gasteiger partial charge in [0.15, 0.2) is 10.4 Å². The van der Waals surface area contributed by atoms with E-state index in [1.807, 2.05) is 6.92 Å². The Balaban J connectivity index is 2.62. The zero-order valence-corrected chi connectivity index (χ0v) is 10.7. The first-order chi connectivity index (χ1) is 7.06. The first-order valence-electron chi connectivity index (χ1n) is 4.88. The van der Waals surface area contributed by atoms with E-state index in [-0.39, 0.29) is 5.78 Å². The van der Waals surface area contributed by atoms with Gasteiger partial charge in [0.25, 0.3) is 0 Å². The van der Waals surface area contributed by atoms with Gasteiger partial charge in [-0.3, -0.25) is 4.79 Å². The smallest absolute Gasteiger partial charge is 0.197 e. The lowest BCUT2D eigenvalue weighted by Gasteiger charge is -2.09. The van der Waals surface area contributed by atoms with Crippen molar-refractivity contribution in [1.82, 2.24) is 20.3 Å². The second-order valence-electron chi connectivity index (χ2n) is 3.47. The number of rotatable bonds is 5. The third kappa shape index (κ3) is 3.10. The molecule has 1 aromatic heterocycles. The Morgan fingerprint density at radius 3 is 2.80 bits per heavy atom. The molecule has 1 rings (SSSR count). The van der Waals surface area contributed by atoms with Crippen molar-refractivity contribution in [2.45, 2.75) is 26.3 Å². The number of carbonyl (C=O) groups excluding carboxylic acids is 1. The molecule has 84 valence electrons. The van der Waals surface area contributed by atoms with Gasteiger partial charge in [0.2, 0.25) is 0 Å². The van der Waals surface area contributed by atoms with Crippen LogP contribution in [0.1, 0.15) is 30.8 Å². The highest BCUT2D eigenvalue weighted by Gasteiger charge is 2.16. The predicted molar refractivity (Wildman–Crippen MR) is 60.8 cm³/mol. The van der Waals surface area contributed by atoms with E-state index >= 15 is 0 Å². The summed E-state index contributed by atoms with van der Waals surface area (Å²) in [5.74, 6) is -0.00493. The fourth-order valence-corrected chi connectivity index (χ4v) is 1.67. The van der Waals surface area contributed by atoms with Crippen LogP contribution in [0.4, 0.5) is 0 Å². The summed E-state index contributed by atoms with van der Waals surface area (Å²) < 4.78 is 1.98. The Labute approximate surface area is 97.4 Å². The zero-order valence-electron chi connectivity index (χ0n) is 9.12. The molecule has 0 aliphatic heterocycles. The Kier molecular flexibility index (Phi) is 4.41. The number of hydrogen-bond donors (Lipinski definition) is 1. The summed E-state index contributed by atoms with van der Waals surface area (Å²) >= 11 is 3.20. The van der Waals surface area contributed by atoms with Crippen molar-refractivity contribution in [2.24, 2.45) is 7.05 Å². The maximum Gasteiger partial charge on any atom is 0.197 e. The number of Topliss-reactive ketones (excluding diaryl/α,β-unsaturated/α-hetero) is 1. The van der Waals surface area contributed by atoms with Gasteiger partial charge in [-0.05, 0) is 29.3 Å². The summed E-state index contributed by atoms with van der Waals surface area (Å²) in [5.41, 5.74) is 0.505. The van der Waals surface area contributed by atoms with Crippen LogP contribution in [0.15, 0.2) is 4.60 Å². The molecule has 0 fully saturated rings. The van der Waals surface area contributed by atoms with Crippen molar-refractivity contribution in [3.05, 3.63) is 10.3 Å². The molecule has 6 heteroatoms. The van der Waals surface area contributed by atoms with Crippen LogP contribution in [0.2, 0.25) is 0 Å². The number of ketones is 1. The minimum atomic E-state index is -0.00493. The van der Waals surface area contributed by atoms with Gasteiger partial charge < -0.3 is 5.32 Å². The van der Waals surface area contributed by atoms with Gasteiger partial charge in [-0.1, -0.05) is 12.1 Å². The molecule has 1 unspecified atom stereocenters. The topological polar surface area (TPSA) is 59.8 Å². The van der Waals surface area contributed by atoms with E-state index in [0.29, 0.717) is 22.9 Å². The number of nitrogens with one attached hydrogen (secondary N) is 1. The van der Waals surface area contributed by atoms with Crippen LogP contribution >= 0.6 is 15.9 Å². The molecule has 0 spiro atoms. The average Bonchev–Trinajstić information content (AvgIpc) is 2.54. The summed E-state index contributed by atoms with van der Waals surface area (Å²) in [4.78, 5) is 11.8. The van der Waals surface area contributed by atoms with E-state index in [1.165, 1.54) is 4.68 Å². The van der Waals surface area contributed by atoms with Crippen LogP contribution in [0.5, 0.6) is 0 Å². The van der Waals surface area contributed by atoms with Crippen molar-refractivity contribution in [3.63, 3.8) is 0 Å². The van der Waals surface area contributed by atoms with E-state index in [0.717, 1.165) is 6.42 Å². The lowest BCUT2D eigenvalue weighted by molar-refractivity contribution is 0.0978. The van der Waals surface area contributed by atoms with E-state index in [9.17, 15) is 4.79 Å². The number of aromatic nitrogens is 3. The molecule has 1 atom stereocenters. The summed E-state index contributed by atoms with van der Waals surface area (Å²) in [6.45, 7) is 4.43. The van der Waals surface area contributed by atoms with Crippen LogP contribution in [0, 0.1) is 0 Å². The van der Waals surface area contributed by atoms with E-state index < -0.39 is 0 Å². The molecule has 5 nitrogen and oxygen atoms in total. The van der Waals surface area contributed by atoms with Gasteiger partial charge >= 0.3 is 0 Å². The molecule has 0 bridgehead atoms. The Bertz CT molecular complexity index is 330. The van der Waals surface area contributed by atoms with Gasteiger partial charge in [-0.2, -0.15) is 0 Å². The highest BCUT2D eigenvalue weighted by atomic mass is 79.9. The first kappa shape index (κ1) is 12.3. The van der Waals surface area contributed by atoms with Crippen molar-refractivity contribution in [2.75, 3.05) is 6.54 Å². The highest BCUT2D eigenvalue weighted by Crippen LogP contribution is 2.11. The first-order valence-corrected chi connectivity index (χ1v) is 5.67. The lowest BCUT2D eigenvalue weighted by atomic mass is 10.2. The molecule has 0 aromatic carbocycles. The molecule has 1 heterocycles. The second kappa shape index (κ2) is 5.37. The second-order valence-corrected chi connectivity index (χ2v) is 4.22. The Morgan fingerprint density at radius 2 is 2.33 bits per heavy atom. The van der Waals surface area contributed by atoms with Crippen molar-refractivity contribution in [3.8, 4) is 0 Å². The number of halogens is 1. The van der Waals surface area contributed by atoms with E-state index in [1.54, 1.807) is 7.05 Å². The fraction of sp³-hybridized carbons (Fsp3) is 0.667. The van der Waals surface area contributed by atoms with Crippen LogP contribution in [0.25, 0.3) is 0 Å². The number of aryl methyl sites for hydroxylation is 1. The van der Waals surface area contributed by atoms with Crippen LogP contribution in [-0.2, 0) is 7.05 Å². The summed E-state index contributed by atoms with van der Waals surface area (Å²) in [6.07, 6.45) is 0.998. The third-order valence-corrected chi connectivity index (χ3v) is 2.81. The monoisotopic (exact) mass is 274 g/mol. The van der Waals surface area contributed by atoms with Crippen molar-refractivity contribution in [1.29, 1.82) is 0 Å². The molecule has 0 aliphatic rings. The lowest BCUT2D eigenvalue weighted by Crippen LogP contribution is -2.31. The predicted octanol–water partition coefficient (Wildman–Crippen LogP) is 1.15. The SMILES string of the molecule is CCC(C)NCC(=O)c1c(Br)nnn1C. The molecule has 0 radical (unpaired) electrons. The maximum atomic E-state index is 11.8. The number of nitrogens with zero attached hydrogens (tertiary/aromatic N) is 3. The zero-order chi connectivity index (χ0) is 11.4. The van der Waals surface area contributed by atoms with Crippen molar-refractivity contribution >= 4 is 21.7 Å². The van der Waals surface area contributed by atoms with Gasteiger partial charge in [0.1, 0.15) is 5.69 Å². The average molecular weight is 275 g/mol. The molecule has 1 N–H and O–H groups in total. The molecular weight excluding hydrogens is 260 g/mol. The van der Waals surface area contributed by atoms with Gasteiger partial charge in [-0.15, -0.1) is 5.10 Å². The fourth-order valence-electron chi connectivity index (χ4n) is 1.12. The molecule has 0 saturated heterocycles. The molecule has 15 heavy (non-hydrogen) atoms. The summed E-state index contributed by atoms with van der Waals surface area (Å²) in [6, 6.07) is 0.342. The maximum absolute atomic E-state index is 11.8. The van der Waals surface area contributed by atoms with Gasteiger partial charge in [0.05, 0.1) is 6.54 Å².